The predicted molar refractivity (Wildman–Crippen MR) is 72.7 cm³/mol. The average molecular weight is 266 g/mol. The molecule has 3 fully saturated rings. The zero-order valence-corrected chi connectivity index (χ0v) is 12.0. The first kappa shape index (κ1) is 13.4. The Labute approximate surface area is 116 Å². The third-order valence-electron chi connectivity index (χ3n) is 5.34. The van der Waals surface area contributed by atoms with E-state index in [9.17, 15) is 4.79 Å². The van der Waals surface area contributed by atoms with Gasteiger partial charge in [-0.25, -0.2) is 0 Å². The van der Waals surface area contributed by atoms with Gasteiger partial charge in [0.15, 0.2) is 0 Å². The molecule has 2 unspecified atom stereocenters. The minimum absolute atomic E-state index is 0.0339. The Morgan fingerprint density at radius 1 is 1.05 bits per heavy atom. The summed E-state index contributed by atoms with van der Waals surface area (Å²) in [5.41, 5.74) is 0. The van der Waals surface area contributed by atoms with E-state index in [0.29, 0.717) is 24.7 Å². The Balaban J connectivity index is 1.36. The number of carbonyl (C=O) groups excluding carboxylic acids is 1. The number of rotatable bonds is 4. The SMILES string of the molecule is CCC1CCC(COC(=O)C2CCC3O[C@@H]3C2)CC1. The lowest BCUT2D eigenvalue weighted by molar-refractivity contribution is -0.151. The Bertz CT molecular complexity index is 320. The largest absolute Gasteiger partial charge is 0.465 e. The highest BCUT2D eigenvalue weighted by molar-refractivity contribution is 5.72. The third kappa shape index (κ3) is 3.31. The van der Waals surface area contributed by atoms with Crippen LogP contribution in [0.5, 0.6) is 0 Å². The summed E-state index contributed by atoms with van der Waals surface area (Å²) < 4.78 is 11.0. The van der Waals surface area contributed by atoms with Crippen LogP contribution in [-0.4, -0.2) is 24.8 Å². The van der Waals surface area contributed by atoms with E-state index in [1.807, 2.05) is 0 Å². The van der Waals surface area contributed by atoms with Crippen molar-refractivity contribution in [2.75, 3.05) is 6.61 Å². The van der Waals surface area contributed by atoms with Crippen molar-refractivity contribution in [3.63, 3.8) is 0 Å². The van der Waals surface area contributed by atoms with Crippen molar-refractivity contribution in [2.45, 2.75) is 70.5 Å². The first-order valence-electron chi connectivity index (χ1n) is 8.08. The zero-order chi connectivity index (χ0) is 13.2. The second-order valence-corrected chi connectivity index (χ2v) is 6.65. The molecule has 3 nitrogen and oxygen atoms in total. The van der Waals surface area contributed by atoms with Crippen LogP contribution in [0.4, 0.5) is 0 Å². The predicted octanol–water partition coefficient (Wildman–Crippen LogP) is 3.31. The molecule has 108 valence electrons. The molecule has 1 aliphatic heterocycles. The summed E-state index contributed by atoms with van der Waals surface area (Å²) in [5, 5.41) is 0. The lowest BCUT2D eigenvalue weighted by Gasteiger charge is -2.28. The van der Waals surface area contributed by atoms with Gasteiger partial charge in [0.25, 0.3) is 0 Å². The molecule has 2 saturated carbocycles. The summed E-state index contributed by atoms with van der Waals surface area (Å²) >= 11 is 0. The molecule has 0 spiro atoms. The van der Waals surface area contributed by atoms with Gasteiger partial charge in [-0.1, -0.05) is 26.2 Å². The van der Waals surface area contributed by atoms with Gasteiger partial charge in [-0.3, -0.25) is 4.79 Å². The lowest BCUT2D eigenvalue weighted by Crippen LogP contribution is -2.27. The van der Waals surface area contributed by atoms with Gasteiger partial charge >= 0.3 is 5.97 Å². The van der Waals surface area contributed by atoms with E-state index in [-0.39, 0.29) is 11.9 Å². The number of epoxide rings is 1. The topological polar surface area (TPSA) is 38.8 Å². The van der Waals surface area contributed by atoms with E-state index in [1.165, 1.54) is 32.1 Å². The van der Waals surface area contributed by atoms with Crippen molar-refractivity contribution in [1.82, 2.24) is 0 Å². The van der Waals surface area contributed by atoms with Gasteiger partial charge in [-0.15, -0.1) is 0 Å². The van der Waals surface area contributed by atoms with Crippen LogP contribution in [-0.2, 0) is 14.3 Å². The van der Waals surface area contributed by atoms with Crippen LogP contribution < -0.4 is 0 Å². The highest BCUT2D eigenvalue weighted by atomic mass is 16.6. The van der Waals surface area contributed by atoms with Crippen molar-refractivity contribution < 1.29 is 14.3 Å². The van der Waals surface area contributed by atoms with Crippen molar-refractivity contribution in [3.8, 4) is 0 Å². The highest BCUT2D eigenvalue weighted by Crippen LogP contribution is 2.40. The fourth-order valence-corrected chi connectivity index (χ4v) is 3.74. The number of hydrogen-bond donors (Lipinski definition) is 0. The van der Waals surface area contributed by atoms with Gasteiger partial charge in [0.1, 0.15) is 0 Å². The second-order valence-electron chi connectivity index (χ2n) is 6.65. The smallest absolute Gasteiger partial charge is 0.309 e. The van der Waals surface area contributed by atoms with Crippen LogP contribution in [0.3, 0.4) is 0 Å². The molecule has 0 amide bonds. The highest BCUT2D eigenvalue weighted by Gasteiger charge is 2.46. The van der Waals surface area contributed by atoms with Gasteiger partial charge < -0.3 is 9.47 Å². The van der Waals surface area contributed by atoms with Crippen molar-refractivity contribution in [1.29, 1.82) is 0 Å². The van der Waals surface area contributed by atoms with E-state index in [2.05, 4.69) is 6.92 Å². The van der Waals surface area contributed by atoms with Crippen LogP contribution in [0, 0.1) is 17.8 Å². The Morgan fingerprint density at radius 3 is 2.47 bits per heavy atom. The summed E-state index contributed by atoms with van der Waals surface area (Å²) in [7, 11) is 0. The van der Waals surface area contributed by atoms with Crippen molar-refractivity contribution >= 4 is 5.97 Å². The second kappa shape index (κ2) is 5.82. The summed E-state index contributed by atoms with van der Waals surface area (Å²) in [6, 6.07) is 0. The number of hydrogen-bond acceptors (Lipinski definition) is 3. The zero-order valence-electron chi connectivity index (χ0n) is 12.0. The Hall–Kier alpha value is -0.570. The normalized spacial score (nSPS) is 41.4. The molecule has 19 heavy (non-hydrogen) atoms. The average Bonchev–Trinajstić information content (AvgIpc) is 3.23. The van der Waals surface area contributed by atoms with Crippen LogP contribution in [0.2, 0.25) is 0 Å². The van der Waals surface area contributed by atoms with Gasteiger partial charge in [0.2, 0.25) is 0 Å². The first-order chi connectivity index (χ1) is 9.26. The summed E-state index contributed by atoms with van der Waals surface area (Å²) in [6.07, 6.45) is 10.2. The molecular formula is C16H26O3. The van der Waals surface area contributed by atoms with Gasteiger partial charge in [-0.2, -0.15) is 0 Å². The number of ether oxygens (including phenoxy) is 2. The maximum atomic E-state index is 12.0. The lowest BCUT2D eigenvalue weighted by atomic mass is 9.81. The number of carbonyl (C=O) groups is 1. The van der Waals surface area contributed by atoms with Gasteiger partial charge in [0.05, 0.1) is 24.7 Å². The monoisotopic (exact) mass is 266 g/mol. The molecule has 3 atom stereocenters. The maximum absolute atomic E-state index is 12.0. The van der Waals surface area contributed by atoms with Crippen LogP contribution in [0.15, 0.2) is 0 Å². The molecule has 3 heteroatoms. The fourth-order valence-electron chi connectivity index (χ4n) is 3.74. The Kier molecular flexibility index (Phi) is 4.11. The Morgan fingerprint density at radius 2 is 1.79 bits per heavy atom. The quantitative estimate of drug-likeness (QED) is 0.579. The molecule has 1 heterocycles. The van der Waals surface area contributed by atoms with E-state index < -0.39 is 0 Å². The molecule has 0 aromatic carbocycles. The fraction of sp³-hybridized carbons (Fsp3) is 0.938. The van der Waals surface area contributed by atoms with Crippen molar-refractivity contribution in [3.05, 3.63) is 0 Å². The van der Waals surface area contributed by atoms with Crippen LogP contribution in [0.1, 0.15) is 58.3 Å². The minimum atomic E-state index is 0.0339. The van der Waals surface area contributed by atoms with Gasteiger partial charge in [-0.05, 0) is 43.9 Å². The number of esters is 1. The van der Waals surface area contributed by atoms with Crippen LogP contribution >= 0.6 is 0 Å². The summed E-state index contributed by atoms with van der Waals surface area (Å²) in [5.74, 6) is 1.66. The molecule has 3 aliphatic rings. The molecule has 0 aromatic rings. The van der Waals surface area contributed by atoms with E-state index in [1.54, 1.807) is 0 Å². The summed E-state index contributed by atoms with van der Waals surface area (Å²) in [6.45, 7) is 2.93. The van der Waals surface area contributed by atoms with E-state index >= 15 is 0 Å². The molecule has 3 rings (SSSR count). The minimum Gasteiger partial charge on any atom is -0.465 e. The number of fused-ring (bicyclic) bond motifs is 1. The van der Waals surface area contributed by atoms with E-state index in [0.717, 1.165) is 25.2 Å². The van der Waals surface area contributed by atoms with Crippen LogP contribution in [0.25, 0.3) is 0 Å². The van der Waals surface area contributed by atoms with Crippen molar-refractivity contribution in [2.24, 2.45) is 17.8 Å². The summed E-state index contributed by atoms with van der Waals surface area (Å²) in [4.78, 5) is 12.0. The molecule has 1 saturated heterocycles. The molecule has 0 bridgehead atoms. The standard InChI is InChI=1S/C16H26O3/c1-2-11-3-5-12(6-4-11)10-18-16(17)13-7-8-14-15(9-13)19-14/h11-15H,2-10H2,1H3/t11?,12?,13?,14?,15-/m1/s1. The van der Waals surface area contributed by atoms with E-state index in [4.69, 9.17) is 9.47 Å². The molecule has 0 radical (unpaired) electrons. The van der Waals surface area contributed by atoms with Gasteiger partial charge in [0, 0.05) is 0 Å². The molecular weight excluding hydrogens is 240 g/mol. The maximum Gasteiger partial charge on any atom is 0.309 e. The molecule has 2 aliphatic carbocycles. The molecule has 0 N–H and O–H groups in total. The third-order valence-corrected chi connectivity index (χ3v) is 5.34. The first-order valence-corrected chi connectivity index (χ1v) is 8.08. The molecule has 0 aromatic heterocycles.